The minimum atomic E-state index is 0.428. The van der Waals surface area contributed by atoms with Crippen LogP contribution in [0.2, 0.25) is 0 Å². The lowest BCUT2D eigenvalue weighted by molar-refractivity contribution is 0.367. The van der Waals surface area contributed by atoms with E-state index in [0.717, 1.165) is 37.4 Å². The summed E-state index contributed by atoms with van der Waals surface area (Å²) < 4.78 is 3.77. The molecule has 108 valence electrons. The Hall–Kier alpha value is -2.57. The van der Waals surface area contributed by atoms with Crippen LogP contribution in [0.3, 0.4) is 0 Å². The number of aromatic nitrogens is 5. The molecule has 21 heavy (non-hydrogen) atoms. The molecule has 2 N–H and O–H groups in total. The molecule has 0 radical (unpaired) electrons. The molecular weight excluding hydrogens is 266 g/mol. The molecule has 1 aliphatic rings. The van der Waals surface area contributed by atoms with Gasteiger partial charge in [0.1, 0.15) is 11.6 Å². The van der Waals surface area contributed by atoms with Crippen LogP contribution >= 0.6 is 0 Å². The van der Waals surface area contributed by atoms with Gasteiger partial charge in [0.05, 0.1) is 12.2 Å². The fraction of sp³-hybridized carbons (Fsp3) is 0.357. The summed E-state index contributed by atoms with van der Waals surface area (Å²) in [6, 6.07) is 6.22. The number of rotatable bonds is 2. The van der Waals surface area contributed by atoms with Crippen LogP contribution in [0.5, 0.6) is 0 Å². The zero-order valence-electron chi connectivity index (χ0n) is 11.6. The first-order valence-electron chi connectivity index (χ1n) is 7.15. The second-order valence-corrected chi connectivity index (χ2v) is 5.36. The molecule has 1 aliphatic heterocycles. The average Bonchev–Trinajstić information content (AvgIpc) is 3.15. The molecule has 0 aromatic carbocycles. The minimum Gasteiger partial charge on any atom is -0.382 e. The number of anilines is 2. The highest BCUT2D eigenvalue weighted by molar-refractivity contribution is 5.47. The summed E-state index contributed by atoms with van der Waals surface area (Å²) in [5, 5.41) is 8.49. The normalized spacial score (nSPS) is 16.7. The molecule has 4 heterocycles. The molecule has 0 spiro atoms. The second kappa shape index (κ2) is 4.76. The predicted octanol–water partition coefficient (Wildman–Crippen LogP) is 1.35. The quantitative estimate of drug-likeness (QED) is 0.768. The number of nitrogens with zero attached hydrogens (tertiary/aromatic N) is 6. The minimum absolute atomic E-state index is 0.428. The van der Waals surface area contributed by atoms with Crippen molar-refractivity contribution < 1.29 is 0 Å². The molecule has 1 saturated heterocycles. The van der Waals surface area contributed by atoms with Crippen molar-refractivity contribution in [2.75, 3.05) is 23.7 Å². The van der Waals surface area contributed by atoms with E-state index in [-0.39, 0.29) is 0 Å². The van der Waals surface area contributed by atoms with E-state index in [2.05, 4.69) is 20.1 Å². The van der Waals surface area contributed by atoms with Gasteiger partial charge in [-0.1, -0.05) is 0 Å². The summed E-state index contributed by atoms with van der Waals surface area (Å²) in [6.07, 6.45) is 7.78. The fourth-order valence-corrected chi connectivity index (χ4v) is 2.89. The monoisotopic (exact) mass is 283 g/mol. The number of nitrogens with two attached hydrogens (primary N) is 1. The molecule has 0 unspecified atom stereocenters. The first-order chi connectivity index (χ1) is 10.3. The number of piperidine rings is 1. The molecule has 0 bridgehead atoms. The van der Waals surface area contributed by atoms with Gasteiger partial charge >= 0.3 is 0 Å². The molecule has 0 atom stereocenters. The maximum atomic E-state index is 5.69. The van der Waals surface area contributed by atoms with Crippen molar-refractivity contribution in [3.05, 3.63) is 36.8 Å². The van der Waals surface area contributed by atoms with Gasteiger partial charge in [-0.05, 0) is 25.0 Å². The third-order valence-corrected chi connectivity index (χ3v) is 4.03. The van der Waals surface area contributed by atoms with E-state index >= 15 is 0 Å². The largest absolute Gasteiger partial charge is 0.382 e. The highest BCUT2D eigenvalue weighted by atomic mass is 15.3. The van der Waals surface area contributed by atoms with E-state index in [4.69, 9.17) is 5.73 Å². The van der Waals surface area contributed by atoms with Crippen molar-refractivity contribution in [2.45, 2.75) is 18.9 Å². The van der Waals surface area contributed by atoms with E-state index < -0.39 is 0 Å². The Kier molecular flexibility index (Phi) is 2.77. The van der Waals surface area contributed by atoms with Crippen molar-refractivity contribution in [1.29, 1.82) is 0 Å². The molecule has 7 heteroatoms. The highest BCUT2D eigenvalue weighted by Gasteiger charge is 2.22. The van der Waals surface area contributed by atoms with E-state index in [9.17, 15) is 0 Å². The van der Waals surface area contributed by atoms with Gasteiger partial charge in [-0.2, -0.15) is 10.2 Å². The molecule has 0 amide bonds. The van der Waals surface area contributed by atoms with Crippen LogP contribution < -0.4 is 10.6 Å². The van der Waals surface area contributed by atoms with E-state index in [1.54, 1.807) is 10.7 Å². The Balaban J connectivity index is 1.49. The van der Waals surface area contributed by atoms with Crippen molar-refractivity contribution in [3.8, 4) is 0 Å². The van der Waals surface area contributed by atoms with Gasteiger partial charge in [0.15, 0.2) is 5.65 Å². The summed E-state index contributed by atoms with van der Waals surface area (Å²) in [5.41, 5.74) is 6.57. The zero-order valence-corrected chi connectivity index (χ0v) is 11.6. The average molecular weight is 283 g/mol. The van der Waals surface area contributed by atoms with Crippen LogP contribution in [-0.4, -0.2) is 37.5 Å². The second-order valence-electron chi connectivity index (χ2n) is 5.36. The molecule has 7 nitrogen and oxygen atoms in total. The van der Waals surface area contributed by atoms with Crippen LogP contribution in [0.15, 0.2) is 36.8 Å². The predicted molar refractivity (Wildman–Crippen MR) is 80.1 cm³/mol. The molecule has 4 rings (SSSR count). The zero-order chi connectivity index (χ0) is 14.2. The van der Waals surface area contributed by atoms with Crippen LogP contribution in [0.1, 0.15) is 18.9 Å². The summed E-state index contributed by atoms with van der Waals surface area (Å²) in [4.78, 5) is 6.96. The van der Waals surface area contributed by atoms with E-state index in [0.29, 0.717) is 11.9 Å². The Morgan fingerprint density at radius 3 is 2.71 bits per heavy atom. The lowest BCUT2D eigenvalue weighted by Gasteiger charge is -2.32. The van der Waals surface area contributed by atoms with Gasteiger partial charge in [0.25, 0.3) is 0 Å². The van der Waals surface area contributed by atoms with Gasteiger partial charge in [0, 0.05) is 31.5 Å². The van der Waals surface area contributed by atoms with Crippen LogP contribution in [0.4, 0.5) is 11.6 Å². The molecule has 0 saturated carbocycles. The SMILES string of the molecule is Nc1ccn(C2CCN(c3ccn4nccc4n3)CC2)n1. The maximum Gasteiger partial charge on any atom is 0.157 e. The van der Waals surface area contributed by atoms with Crippen molar-refractivity contribution in [3.63, 3.8) is 0 Å². The fourth-order valence-electron chi connectivity index (χ4n) is 2.89. The number of fused-ring (bicyclic) bond motifs is 1. The summed E-state index contributed by atoms with van der Waals surface area (Å²) in [7, 11) is 0. The van der Waals surface area contributed by atoms with E-state index in [1.165, 1.54) is 0 Å². The Bertz CT molecular complexity index is 751. The van der Waals surface area contributed by atoms with Gasteiger partial charge in [-0.25, -0.2) is 9.50 Å². The standard InChI is InChI=1S/C14H17N7/c15-12-4-9-20(18-12)11-2-7-19(8-3-11)13-5-10-21-14(17-13)1-6-16-21/h1,4-6,9-11H,2-3,7-8H2,(H2,15,18). The third kappa shape index (κ3) is 2.20. The van der Waals surface area contributed by atoms with Gasteiger partial charge in [0.2, 0.25) is 0 Å². The van der Waals surface area contributed by atoms with Crippen molar-refractivity contribution in [1.82, 2.24) is 24.4 Å². The lowest BCUT2D eigenvalue weighted by Crippen LogP contribution is -2.35. The Morgan fingerprint density at radius 2 is 1.95 bits per heavy atom. The molecule has 3 aromatic rings. The summed E-state index contributed by atoms with van der Waals surface area (Å²) in [6.45, 7) is 1.95. The Morgan fingerprint density at radius 1 is 1.10 bits per heavy atom. The molecule has 0 aliphatic carbocycles. The Labute approximate surface area is 122 Å². The topological polar surface area (TPSA) is 77.3 Å². The highest BCUT2D eigenvalue weighted by Crippen LogP contribution is 2.25. The van der Waals surface area contributed by atoms with Crippen molar-refractivity contribution in [2.24, 2.45) is 0 Å². The molecule has 3 aromatic heterocycles. The lowest BCUT2D eigenvalue weighted by atomic mass is 10.1. The molecule has 1 fully saturated rings. The van der Waals surface area contributed by atoms with Crippen LogP contribution in [-0.2, 0) is 0 Å². The number of nitrogen functional groups attached to an aromatic ring is 1. The first kappa shape index (κ1) is 12.2. The third-order valence-electron chi connectivity index (χ3n) is 4.03. The van der Waals surface area contributed by atoms with Crippen LogP contribution in [0.25, 0.3) is 5.65 Å². The van der Waals surface area contributed by atoms with Gasteiger partial charge in [-0.3, -0.25) is 4.68 Å². The van der Waals surface area contributed by atoms with Crippen LogP contribution in [0, 0.1) is 0 Å². The maximum absolute atomic E-state index is 5.69. The number of hydrogen-bond acceptors (Lipinski definition) is 5. The summed E-state index contributed by atoms with van der Waals surface area (Å²) >= 11 is 0. The smallest absolute Gasteiger partial charge is 0.157 e. The molecular formula is C14H17N7. The summed E-state index contributed by atoms with van der Waals surface area (Å²) in [5.74, 6) is 1.60. The van der Waals surface area contributed by atoms with Gasteiger partial charge in [-0.15, -0.1) is 0 Å². The first-order valence-corrected chi connectivity index (χ1v) is 7.15. The number of hydrogen-bond donors (Lipinski definition) is 1. The van der Waals surface area contributed by atoms with Crippen molar-refractivity contribution >= 4 is 17.3 Å². The van der Waals surface area contributed by atoms with E-state index in [1.807, 2.05) is 35.3 Å². The van der Waals surface area contributed by atoms with Gasteiger partial charge < -0.3 is 10.6 Å².